The average molecular weight is 181 g/mol. The minimum Gasteiger partial charge on any atom is -0.437 e. The van der Waals surface area contributed by atoms with Gasteiger partial charge in [0.15, 0.2) is 5.60 Å². The van der Waals surface area contributed by atoms with Crippen molar-refractivity contribution < 1.29 is 18.3 Å². The van der Waals surface area contributed by atoms with Gasteiger partial charge in [-0.25, -0.2) is 13.6 Å². The fourth-order valence-corrected chi connectivity index (χ4v) is 0.372. The van der Waals surface area contributed by atoms with E-state index in [0.29, 0.717) is 6.92 Å². The summed E-state index contributed by atoms with van der Waals surface area (Å²) in [6, 6.07) is 0. The molecule has 0 radical (unpaired) electrons. The van der Waals surface area contributed by atoms with E-state index in [0.717, 1.165) is 13.8 Å². The van der Waals surface area contributed by atoms with Crippen LogP contribution < -0.4 is 5.32 Å². The first-order valence-electron chi connectivity index (χ1n) is 3.49. The number of alkyl halides is 2. The molecular weight excluding hydrogens is 168 g/mol. The van der Waals surface area contributed by atoms with Crippen LogP contribution in [0.25, 0.3) is 0 Å². The lowest BCUT2D eigenvalue weighted by Gasteiger charge is -2.30. The highest BCUT2D eigenvalue weighted by Gasteiger charge is 2.45. The quantitative estimate of drug-likeness (QED) is 0.705. The van der Waals surface area contributed by atoms with Gasteiger partial charge in [-0.1, -0.05) is 0 Å². The molecule has 72 valence electrons. The minimum absolute atomic E-state index is 0.704. The van der Waals surface area contributed by atoms with Crippen molar-refractivity contribution in [3.63, 3.8) is 0 Å². The molecule has 0 saturated heterocycles. The van der Waals surface area contributed by atoms with E-state index >= 15 is 0 Å². The van der Waals surface area contributed by atoms with Gasteiger partial charge >= 0.3 is 6.09 Å². The first-order chi connectivity index (χ1) is 5.20. The maximum Gasteiger partial charge on any atom is 0.407 e. The second-order valence-electron chi connectivity index (χ2n) is 3.04. The van der Waals surface area contributed by atoms with E-state index in [4.69, 9.17) is 0 Å². The summed E-state index contributed by atoms with van der Waals surface area (Å²) in [6.45, 7) is 3.01. The lowest BCUT2D eigenvalue weighted by atomic mass is 10.0. The maximum absolute atomic E-state index is 12.7. The molecule has 0 aromatic carbocycles. The number of amides is 1. The maximum atomic E-state index is 12.7. The summed E-state index contributed by atoms with van der Waals surface area (Å²) in [6.07, 6.45) is -0.860. The number of rotatable bonds is 2. The highest BCUT2D eigenvalue weighted by molar-refractivity contribution is 5.67. The Kier molecular flexibility index (Phi) is 3.01. The van der Waals surface area contributed by atoms with Crippen molar-refractivity contribution >= 4 is 6.09 Å². The second kappa shape index (κ2) is 3.25. The van der Waals surface area contributed by atoms with E-state index in [1.54, 1.807) is 0 Å². The molecule has 0 atom stereocenters. The first-order valence-corrected chi connectivity index (χ1v) is 3.49. The number of carbonyl (C=O) groups is 1. The van der Waals surface area contributed by atoms with Gasteiger partial charge in [-0.2, -0.15) is 0 Å². The highest BCUT2D eigenvalue weighted by Crippen LogP contribution is 2.30. The van der Waals surface area contributed by atoms with Crippen molar-refractivity contribution in [3.8, 4) is 0 Å². The van der Waals surface area contributed by atoms with Crippen LogP contribution in [-0.4, -0.2) is 24.7 Å². The summed E-state index contributed by atoms with van der Waals surface area (Å²) in [5.41, 5.74) is -1.78. The molecule has 3 nitrogen and oxygen atoms in total. The molecule has 5 heteroatoms. The molecule has 0 spiro atoms. The molecule has 0 aliphatic carbocycles. The van der Waals surface area contributed by atoms with Crippen molar-refractivity contribution in [2.45, 2.75) is 32.3 Å². The fraction of sp³-hybridized carbons (Fsp3) is 0.857. The Hall–Kier alpha value is -0.870. The zero-order valence-corrected chi connectivity index (χ0v) is 7.57. The van der Waals surface area contributed by atoms with Gasteiger partial charge in [0, 0.05) is 14.0 Å². The lowest BCUT2D eigenvalue weighted by molar-refractivity contribution is -0.149. The Labute approximate surface area is 70.1 Å². The normalized spacial score (nSPS) is 12.5. The molecule has 0 fully saturated rings. The SMILES string of the molecule is CNC(=O)OC(C)(C)C(C)(F)F. The molecule has 0 heterocycles. The molecular formula is C7H13F2NO2. The standard InChI is InChI=1S/C7H13F2NO2/c1-6(2,7(3,8)9)12-5(11)10-4/h1-4H3,(H,10,11). The number of halogens is 2. The van der Waals surface area contributed by atoms with Crippen molar-refractivity contribution in [1.29, 1.82) is 0 Å². The number of ether oxygens (including phenoxy) is 1. The Morgan fingerprint density at radius 3 is 2.00 bits per heavy atom. The van der Waals surface area contributed by atoms with Crippen molar-refractivity contribution in [2.75, 3.05) is 7.05 Å². The smallest absolute Gasteiger partial charge is 0.407 e. The van der Waals surface area contributed by atoms with Gasteiger partial charge in [-0.05, 0) is 13.8 Å². The molecule has 0 unspecified atom stereocenters. The van der Waals surface area contributed by atoms with E-state index in [-0.39, 0.29) is 0 Å². The lowest BCUT2D eigenvalue weighted by Crippen LogP contribution is -2.46. The highest BCUT2D eigenvalue weighted by atomic mass is 19.3. The van der Waals surface area contributed by atoms with Gasteiger partial charge in [-0.15, -0.1) is 0 Å². The summed E-state index contributed by atoms with van der Waals surface area (Å²) in [4.78, 5) is 10.6. The van der Waals surface area contributed by atoms with Gasteiger partial charge in [0.1, 0.15) is 0 Å². The zero-order chi connectivity index (χ0) is 9.99. The molecule has 0 saturated carbocycles. The van der Waals surface area contributed by atoms with Gasteiger partial charge in [0.25, 0.3) is 5.92 Å². The van der Waals surface area contributed by atoms with Crippen molar-refractivity contribution in [2.24, 2.45) is 0 Å². The van der Waals surface area contributed by atoms with E-state index in [9.17, 15) is 13.6 Å². The summed E-state index contributed by atoms with van der Waals surface area (Å²) < 4.78 is 29.8. The molecule has 0 aliphatic rings. The van der Waals surface area contributed by atoms with Crippen LogP contribution in [-0.2, 0) is 4.74 Å². The van der Waals surface area contributed by atoms with Gasteiger partial charge < -0.3 is 10.1 Å². The molecule has 0 bridgehead atoms. The third kappa shape index (κ3) is 2.64. The third-order valence-corrected chi connectivity index (χ3v) is 1.61. The number of carbonyl (C=O) groups excluding carboxylic acids is 1. The average Bonchev–Trinajstić information content (AvgIpc) is 1.84. The van der Waals surface area contributed by atoms with Gasteiger partial charge in [-0.3, -0.25) is 0 Å². The fourth-order valence-electron chi connectivity index (χ4n) is 0.372. The monoisotopic (exact) mass is 181 g/mol. The number of nitrogens with one attached hydrogen (secondary N) is 1. The molecule has 0 rings (SSSR count). The van der Waals surface area contributed by atoms with Crippen LogP contribution >= 0.6 is 0 Å². The molecule has 0 aliphatic heterocycles. The second-order valence-corrected chi connectivity index (χ2v) is 3.04. The summed E-state index contributed by atoms with van der Waals surface area (Å²) >= 11 is 0. The van der Waals surface area contributed by atoms with Gasteiger partial charge in [0.2, 0.25) is 0 Å². The van der Waals surface area contributed by atoms with Crippen molar-refractivity contribution in [3.05, 3.63) is 0 Å². The summed E-state index contributed by atoms with van der Waals surface area (Å²) in [5.74, 6) is -3.06. The van der Waals surface area contributed by atoms with E-state index < -0.39 is 17.6 Å². The van der Waals surface area contributed by atoms with E-state index in [2.05, 4.69) is 10.1 Å². The van der Waals surface area contributed by atoms with Gasteiger partial charge in [0.05, 0.1) is 0 Å². The van der Waals surface area contributed by atoms with Crippen LogP contribution in [0.4, 0.5) is 13.6 Å². The van der Waals surface area contributed by atoms with Crippen LogP contribution in [0.1, 0.15) is 20.8 Å². The first kappa shape index (κ1) is 11.1. The Morgan fingerprint density at radius 1 is 1.33 bits per heavy atom. The van der Waals surface area contributed by atoms with Crippen LogP contribution in [0, 0.1) is 0 Å². The summed E-state index contributed by atoms with van der Waals surface area (Å²) in [7, 11) is 1.31. The number of hydrogen-bond donors (Lipinski definition) is 1. The number of alkyl carbamates (subject to hydrolysis) is 1. The van der Waals surface area contributed by atoms with E-state index in [1.807, 2.05) is 0 Å². The van der Waals surface area contributed by atoms with E-state index in [1.165, 1.54) is 7.05 Å². The number of hydrogen-bond acceptors (Lipinski definition) is 2. The third-order valence-electron chi connectivity index (χ3n) is 1.61. The van der Waals surface area contributed by atoms with Crippen LogP contribution in [0.3, 0.4) is 0 Å². The largest absolute Gasteiger partial charge is 0.437 e. The molecule has 0 aromatic heterocycles. The molecule has 0 aromatic rings. The van der Waals surface area contributed by atoms with Crippen LogP contribution in [0.5, 0.6) is 0 Å². The topological polar surface area (TPSA) is 38.3 Å². The van der Waals surface area contributed by atoms with Crippen LogP contribution in [0.2, 0.25) is 0 Å². The Morgan fingerprint density at radius 2 is 1.75 bits per heavy atom. The predicted molar refractivity (Wildman–Crippen MR) is 40.2 cm³/mol. The molecule has 1 amide bonds. The van der Waals surface area contributed by atoms with Crippen LogP contribution in [0.15, 0.2) is 0 Å². The zero-order valence-electron chi connectivity index (χ0n) is 7.57. The Bertz CT molecular complexity index is 175. The molecule has 1 N–H and O–H groups in total. The summed E-state index contributed by atoms with van der Waals surface area (Å²) in [5, 5.41) is 2.10. The molecule has 12 heavy (non-hydrogen) atoms. The Balaban J connectivity index is 4.33. The predicted octanol–water partition coefficient (Wildman–Crippen LogP) is 1.78. The van der Waals surface area contributed by atoms with Crippen molar-refractivity contribution in [1.82, 2.24) is 5.32 Å². The minimum atomic E-state index is -3.06.